The van der Waals surface area contributed by atoms with Crippen LogP contribution in [0.5, 0.6) is 0 Å². The Labute approximate surface area is 110 Å². The van der Waals surface area contributed by atoms with Gasteiger partial charge < -0.3 is 5.73 Å². The highest BCUT2D eigenvalue weighted by molar-refractivity contribution is 7.15. The molecule has 2 rings (SSSR count). The molecule has 17 heavy (non-hydrogen) atoms. The quantitative estimate of drug-likeness (QED) is 0.889. The maximum absolute atomic E-state index is 6.13. The molecule has 0 aliphatic heterocycles. The number of nitrogens with zero attached hydrogens (tertiary/aromatic N) is 1. The second kappa shape index (κ2) is 4.77. The van der Waals surface area contributed by atoms with Gasteiger partial charge >= 0.3 is 0 Å². The lowest BCUT2D eigenvalue weighted by Crippen LogP contribution is -2.03. The van der Waals surface area contributed by atoms with Crippen molar-refractivity contribution in [3.05, 3.63) is 39.4 Å². The molecule has 1 unspecified atom stereocenters. The molecular formula is C13H15ClN2S. The normalized spacial score (nSPS) is 12.8. The number of aryl methyl sites for hydroxylation is 2. The molecule has 2 nitrogen and oxygen atoms in total. The highest BCUT2D eigenvalue weighted by atomic mass is 35.5. The summed E-state index contributed by atoms with van der Waals surface area (Å²) >= 11 is 7.77. The average molecular weight is 267 g/mol. The maximum Gasteiger partial charge on any atom is 0.123 e. The first-order chi connectivity index (χ1) is 7.99. The Morgan fingerprint density at radius 2 is 2.06 bits per heavy atom. The summed E-state index contributed by atoms with van der Waals surface area (Å²) in [5.74, 6) is 0. The predicted molar refractivity (Wildman–Crippen MR) is 74.6 cm³/mol. The van der Waals surface area contributed by atoms with Gasteiger partial charge in [0, 0.05) is 21.5 Å². The highest BCUT2D eigenvalue weighted by Crippen LogP contribution is 2.32. The largest absolute Gasteiger partial charge is 0.323 e. The smallest absolute Gasteiger partial charge is 0.123 e. The summed E-state index contributed by atoms with van der Waals surface area (Å²) in [4.78, 5) is 5.69. The van der Waals surface area contributed by atoms with Gasteiger partial charge in [0.15, 0.2) is 0 Å². The van der Waals surface area contributed by atoms with E-state index in [0.717, 1.165) is 31.7 Å². The van der Waals surface area contributed by atoms with Crippen LogP contribution in [0.25, 0.3) is 10.6 Å². The van der Waals surface area contributed by atoms with Crippen LogP contribution in [0.2, 0.25) is 5.02 Å². The van der Waals surface area contributed by atoms with E-state index in [-0.39, 0.29) is 6.04 Å². The summed E-state index contributed by atoms with van der Waals surface area (Å²) in [6.45, 7) is 5.97. The fourth-order valence-corrected chi connectivity index (χ4v) is 2.88. The minimum absolute atomic E-state index is 0.0298. The standard InChI is InChI=1S/C13H15ClN2S/c1-7-4-5-10(6-11(7)14)13-16-9(3)12(17-13)8(2)15/h4-6,8H,15H2,1-3H3. The minimum atomic E-state index is 0.0298. The number of rotatable bonds is 2. The van der Waals surface area contributed by atoms with Crippen molar-refractivity contribution in [2.24, 2.45) is 5.73 Å². The van der Waals surface area contributed by atoms with Crippen molar-refractivity contribution in [2.45, 2.75) is 26.8 Å². The molecule has 0 aliphatic rings. The van der Waals surface area contributed by atoms with Crippen molar-refractivity contribution in [2.75, 3.05) is 0 Å². The van der Waals surface area contributed by atoms with E-state index in [2.05, 4.69) is 4.98 Å². The van der Waals surface area contributed by atoms with E-state index in [1.165, 1.54) is 0 Å². The minimum Gasteiger partial charge on any atom is -0.323 e. The van der Waals surface area contributed by atoms with Crippen LogP contribution in [0, 0.1) is 13.8 Å². The molecule has 1 aromatic heterocycles. The van der Waals surface area contributed by atoms with Gasteiger partial charge in [-0.05, 0) is 32.4 Å². The van der Waals surface area contributed by atoms with Crippen LogP contribution in [0.1, 0.15) is 29.1 Å². The van der Waals surface area contributed by atoms with Gasteiger partial charge in [-0.25, -0.2) is 4.98 Å². The summed E-state index contributed by atoms with van der Waals surface area (Å²) in [7, 11) is 0. The second-order valence-corrected chi connectivity index (χ2v) is 5.66. The van der Waals surface area contributed by atoms with Gasteiger partial charge in [-0.3, -0.25) is 0 Å². The van der Waals surface area contributed by atoms with E-state index < -0.39 is 0 Å². The fraction of sp³-hybridized carbons (Fsp3) is 0.308. The number of hydrogen-bond donors (Lipinski definition) is 1. The Bertz CT molecular complexity index is 546. The Balaban J connectivity index is 2.46. The van der Waals surface area contributed by atoms with E-state index in [9.17, 15) is 0 Å². The lowest BCUT2D eigenvalue weighted by Gasteiger charge is -2.01. The highest BCUT2D eigenvalue weighted by Gasteiger charge is 2.12. The summed E-state index contributed by atoms with van der Waals surface area (Å²) < 4.78 is 0. The van der Waals surface area contributed by atoms with E-state index in [1.54, 1.807) is 11.3 Å². The lowest BCUT2D eigenvalue weighted by molar-refractivity contribution is 0.825. The van der Waals surface area contributed by atoms with Crippen molar-refractivity contribution in [3.8, 4) is 10.6 Å². The van der Waals surface area contributed by atoms with E-state index in [1.807, 2.05) is 39.0 Å². The van der Waals surface area contributed by atoms with Gasteiger partial charge in [0.2, 0.25) is 0 Å². The number of benzene rings is 1. The van der Waals surface area contributed by atoms with Crippen LogP contribution in [0.15, 0.2) is 18.2 Å². The third kappa shape index (κ3) is 2.51. The Hall–Kier alpha value is -0.900. The topological polar surface area (TPSA) is 38.9 Å². The SMILES string of the molecule is Cc1ccc(-c2nc(C)c(C(C)N)s2)cc1Cl. The molecule has 1 aromatic carbocycles. The monoisotopic (exact) mass is 266 g/mol. The molecule has 0 aliphatic carbocycles. The zero-order chi connectivity index (χ0) is 12.6. The molecule has 1 atom stereocenters. The molecule has 0 bridgehead atoms. The molecule has 0 spiro atoms. The van der Waals surface area contributed by atoms with E-state index in [4.69, 9.17) is 17.3 Å². The molecule has 4 heteroatoms. The lowest BCUT2D eigenvalue weighted by atomic mass is 10.1. The Kier molecular flexibility index (Phi) is 3.52. The number of halogens is 1. The third-order valence-electron chi connectivity index (χ3n) is 2.66. The van der Waals surface area contributed by atoms with Gasteiger partial charge in [0.05, 0.1) is 5.69 Å². The summed E-state index contributed by atoms with van der Waals surface area (Å²) in [6, 6.07) is 6.05. The van der Waals surface area contributed by atoms with Crippen molar-refractivity contribution < 1.29 is 0 Å². The maximum atomic E-state index is 6.13. The van der Waals surface area contributed by atoms with Crippen LogP contribution in [0.3, 0.4) is 0 Å². The number of hydrogen-bond acceptors (Lipinski definition) is 3. The fourth-order valence-electron chi connectivity index (χ4n) is 1.68. The van der Waals surface area contributed by atoms with E-state index >= 15 is 0 Å². The molecule has 1 heterocycles. The van der Waals surface area contributed by atoms with Crippen LogP contribution < -0.4 is 5.73 Å². The molecule has 2 aromatic rings. The first kappa shape index (κ1) is 12.6. The molecule has 0 amide bonds. The van der Waals surface area contributed by atoms with Gasteiger partial charge in [-0.1, -0.05) is 23.7 Å². The third-order valence-corrected chi connectivity index (χ3v) is 4.48. The predicted octanol–water partition coefficient (Wildman–Crippen LogP) is 4.10. The van der Waals surface area contributed by atoms with Crippen molar-refractivity contribution in [1.29, 1.82) is 0 Å². The van der Waals surface area contributed by atoms with Gasteiger partial charge in [0.1, 0.15) is 5.01 Å². The van der Waals surface area contributed by atoms with Gasteiger partial charge in [-0.2, -0.15) is 0 Å². The van der Waals surface area contributed by atoms with Crippen molar-refractivity contribution in [1.82, 2.24) is 4.98 Å². The zero-order valence-electron chi connectivity index (χ0n) is 10.1. The Morgan fingerprint density at radius 1 is 1.35 bits per heavy atom. The summed E-state index contributed by atoms with van der Waals surface area (Å²) in [5, 5.41) is 1.76. The van der Waals surface area contributed by atoms with Gasteiger partial charge in [0.25, 0.3) is 0 Å². The molecule has 0 fully saturated rings. The first-order valence-electron chi connectivity index (χ1n) is 5.48. The van der Waals surface area contributed by atoms with Crippen LogP contribution in [-0.4, -0.2) is 4.98 Å². The van der Waals surface area contributed by atoms with Crippen molar-refractivity contribution in [3.63, 3.8) is 0 Å². The Morgan fingerprint density at radius 3 is 2.59 bits per heavy atom. The molecule has 0 saturated carbocycles. The number of aromatic nitrogens is 1. The van der Waals surface area contributed by atoms with Crippen LogP contribution in [-0.2, 0) is 0 Å². The number of nitrogens with two attached hydrogens (primary N) is 1. The van der Waals surface area contributed by atoms with Crippen LogP contribution in [0.4, 0.5) is 0 Å². The van der Waals surface area contributed by atoms with Crippen LogP contribution >= 0.6 is 22.9 Å². The molecule has 2 N–H and O–H groups in total. The van der Waals surface area contributed by atoms with Gasteiger partial charge in [-0.15, -0.1) is 11.3 Å². The van der Waals surface area contributed by atoms with Crippen molar-refractivity contribution >= 4 is 22.9 Å². The summed E-state index contributed by atoms with van der Waals surface area (Å²) in [6.07, 6.45) is 0. The number of thiazole rings is 1. The van der Waals surface area contributed by atoms with E-state index in [0.29, 0.717) is 0 Å². The zero-order valence-corrected chi connectivity index (χ0v) is 11.7. The molecule has 90 valence electrons. The summed E-state index contributed by atoms with van der Waals surface area (Å²) in [5.41, 5.74) is 9.05. The molecular weight excluding hydrogens is 252 g/mol. The second-order valence-electron chi connectivity index (χ2n) is 4.22. The molecule has 0 radical (unpaired) electrons. The molecule has 0 saturated heterocycles. The average Bonchev–Trinajstić information content (AvgIpc) is 2.64. The first-order valence-corrected chi connectivity index (χ1v) is 6.68.